The second-order valence-corrected chi connectivity index (χ2v) is 10.2. The first kappa shape index (κ1) is 23.6. The van der Waals surface area contributed by atoms with E-state index in [2.05, 4.69) is 19.5 Å². The second-order valence-electron chi connectivity index (χ2n) is 8.47. The van der Waals surface area contributed by atoms with Gasteiger partial charge < -0.3 is 9.64 Å². The summed E-state index contributed by atoms with van der Waals surface area (Å²) in [7, 11) is -3.67. The molecule has 0 aliphatic carbocycles. The van der Waals surface area contributed by atoms with Crippen LogP contribution in [0.15, 0.2) is 65.7 Å². The predicted molar refractivity (Wildman–Crippen MR) is 131 cm³/mol. The quantitative estimate of drug-likeness (QED) is 0.486. The van der Waals surface area contributed by atoms with Crippen molar-refractivity contribution >= 4 is 20.9 Å². The third-order valence-electron chi connectivity index (χ3n) is 6.13. The molecule has 1 unspecified atom stereocenters. The van der Waals surface area contributed by atoms with Crippen LogP contribution in [0.3, 0.4) is 0 Å². The Morgan fingerprint density at radius 2 is 1.79 bits per heavy atom. The number of hydrogen-bond acceptors (Lipinski definition) is 6. The SMILES string of the molecule is Cc1ccc(S(=O)(=O)NC(C)N2CCN(CCCOc3ccccc3)CC2)c2cccnc12. The van der Waals surface area contributed by atoms with E-state index in [9.17, 15) is 8.42 Å². The molecule has 3 aromatic rings. The van der Waals surface area contributed by atoms with Gasteiger partial charge in [0.15, 0.2) is 0 Å². The van der Waals surface area contributed by atoms with Crippen LogP contribution in [-0.2, 0) is 10.0 Å². The minimum Gasteiger partial charge on any atom is -0.494 e. The van der Waals surface area contributed by atoms with Crippen molar-refractivity contribution in [1.29, 1.82) is 0 Å². The normalized spacial score (nSPS) is 16.7. The Labute approximate surface area is 196 Å². The van der Waals surface area contributed by atoms with Crippen LogP contribution >= 0.6 is 0 Å². The topological polar surface area (TPSA) is 74.8 Å². The first-order valence-corrected chi connectivity index (χ1v) is 12.9. The standard InChI is InChI=1S/C25H32N4O3S/c1-20-11-12-24(23-10-6-13-26-25(20)23)33(30,31)27-21(2)29-17-15-28(16-18-29)14-7-19-32-22-8-4-3-5-9-22/h3-6,8-13,21,27H,7,14-19H2,1-2H3. The van der Waals surface area contributed by atoms with Gasteiger partial charge in [-0.1, -0.05) is 24.3 Å². The molecule has 4 rings (SSSR count). The van der Waals surface area contributed by atoms with Crippen molar-refractivity contribution in [2.24, 2.45) is 0 Å². The predicted octanol–water partition coefficient (Wildman–Crippen LogP) is 3.25. The number of rotatable bonds is 9. The Balaban J connectivity index is 1.28. The van der Waals surface area contributed by atoms with Crippen LogP contribution in [0.25, 0.3) is 10.9 Å². The number of sulfonamides is 1. The maximum absolute atomic E-state index is 13.2. The summed E-state index contributed by atoms with van der Waals surface area (Å²) in [5.74, 6) is 0.903. The smallest absolute Gasteiger partial charge is 0.242 e. The van der Waals surface area contributed by atoms with Crippen molar-refractivity contribution in [2.75, 3.05) is 39.3 Å². The summed E-state index contributed by atoms with van der Waals surface area (Å²) in [5.41, 5.74) is 1.68. The maximum Gasteiger partial charge on any atom is 0.242 e. The first-order chi connectivity index (χ1) is 15.9. The number of ether oxygens (including phenoxy) is 1. The molecule has 2 aromatic carbocycles. The van der Waals surface area contributed by atoms with Gasteiger partial charge in [0.1, 0.15) is 5.75 Å². The molecule has 0 radical (unpaired) electrons. The van der Waals surface area contributed by atoms with Crippen molar-refractivity contribution in [3.63, 3.8) is 0 Å². The molecule has 0 amide bonds. The molecule has 33 heavy (non-hydrogen) atoms. The zero-order valence-corrected chi connectivity index (χ0v) is 20.1. The highest BCUT2D eigenvalue weighted by Gasteiger charge is 2.26. The highest BCUT2D eigenvalue weighted by Crippen LogP contribution is 2.24. The third-order valence-corrected chi connectivity index (χ3v) is 7.72. The highest BCUT2D eigenvalue weighted by molar-refractivity contribution is 7.89. The van der Waals surface area contributed by atoms with Gasteiger partial charge in [-0.3, -0.25) is 9.88 Å². The second kappa shape index (κ2) is 10.6. The van der Waals surface area contributed by atoms with Gasteiger partial charge in [0, 0.05) is 44.3 Å². The van der Waals surface area contributed by atoms with Crippen LogP contribution in [0.1, 0.15) is 18.9 Å². The molecule has 2 heterocycles. The van der Waals surface area contributed by atoms with E-state index in [1.165, 1.54) is 0 Å². The fraction of sp³-hybridized carbons (Fsp3) is 0.400. The van der Waals surface area contributed by atoms with Gasteiger partial charge in [0.25, 0.3) is 0 Å². The molecule has 7 nitrogen and oxygen atoms in total. The molecule has 1 fully saturated rings. The van der Waals surface area contributed by atoms with Gasteiger partial charge >= 0.3 is 0 Å². The number of para-hydroxylation sites is 1. The van der Waals surface area contributed by atoms with Crippen LogP contribution in [-0.4, -0.2) is 68.7 Å². The largest absolute Gasteiger partial charge is 0.494 e. The molecule has 8 heteroatoms. The molecule has 0 spiro atoms. The lowest BCUT2D eigenvalue weighted by molar-refractivity contribution is 0.0943. The van der Waals surface area contributed by atoms with Gasteiger partial charge in [0.2, 0.25) is 10.0 Å². The molecule has 0 saturated carbocycles. The van der Waals surface area contributed by atoms with Crippen molar-refractivity contribution in [1.82, 2.24) is 19.5 Å². The Bertz CT molecular complexity index is 1160. The minimum atomic E-state index is -3.67. The average Bonchev–Trinajstić information content (AvgIpc) is 2.83. The minimum absolute atomic E-state index is 0.278. The van der Waals surface area contributed by atoms with Crippen LogP contribution < -0.4 is 9.46 Å². The van der Waals surface area contributed by atoms with E-state index < -0.39 is 10.0 Å². The van der Waals surface area contributed by atoms with Crippen LogP contribution in [0.5, 0.6) is 5.75 Å². The molecule has 1 aromatic heterocycles. The number of piperazine rings is 1. The zero-order valence-electron chi connectivity index (χ0n) is 19.3. The average molecular weight is 469 g/mol. The molecule has 1 N–H and O–H groups in total. The molecule has 1 aliphatic rings. The Morgan fingerprint density at radius 3 is 2.55 bits per heavy atom. The van der Waals surface area contributed by atoms with E-state index in [4.69, 9.17) is 4.74 Å². The Hall–Kier alpha value is -2.52. The van der Waals surface area contributed by atoms with Gasteiger partial charge in [-0.25, -0.2) is 8.42 Å². The lowest BCUT2D eigenvalue weighted by atomic mass is 10.1. The summed E-state index contributed by atoms with van der Waals surface area (Å²) in [4.78, 5) is 9.23. The number of nitrogens with zero attached hydrogens (tertiary/aromatic N) is 3. The lowest BCUT2D eigenvalue weighted by Crippen LogP contribution is -2.54. The first-order valence-electron chi connectivity index (χ1n) is 11.4. The van der Waals surface area contributed by atoms with Crippen molar-refractivity contribution in [2.45, 2.75) is 31.3 Å². The summed E-state index contributed by atoms with van der Waals surface area (Å²) in [6, 6.07) is 16.9. The van der Waals surface area contributed by atoms with Gasteiger partial charge in [-0.2, -0.15) is 4.72 Å². The van der Waals surface area contributed by atoms with E-state index in [1.54, 1.807) is 18.3 Å². The number of pyridine rings is 1. The molecule has 1 atom stereocenters. The summed E-state index contributed by atoms with van der Waals surface area (Å²) in [6.07, 6.45) is 2.37. The summed E-state index contributed by atoms with van der Waals surface area (Å²) in [5, 5.41) is 0.653. The number of nitrogens with one attached hydrogen (secondary N) is 1. The van der Waals surface area contributed by atoms with E-state index in [-0.39, 0.29) is 11.1 Å². The van der Waals surface area contributed by atoms with Crippen molar-refractivity contribution in [3.8, 4) is 5.75 Å². The van der Waals surface area contributed by atoms with Crippen LogP contribution in [0.4, 0.5) is 0 Å². The van der Waals surface area contributed by atoms with Gasteiger partial charge in [0.05, 0.1) is 23.2 Å². The van der Waals surface area contributed by atoms with Crippen molar-refractivity contribution < 1.29 is 13.2 Å². The van der Waals surface area contributed by atoms with Gasteiger partial charge in [-0.15, -0.1) is 0 Å². The monoisotopic (exact) mass is 468 g/mol. The Kier molecular flexibility index (Phi) is 7.60. The molecular weight excluding hydrogens is 436 g/mol. The third kappa shape index (κ3) is 5.89. The highest BCUT2D eigenvalue weighted by atomic mass is 32.2. The number of benzene rings is 2. The van der Waals surface area contributed by atoms with Gasteiger partial charge in [-0.05, 0) is 56.2 Å². The maximum atomic E-state index is 13.2. The molecule has 0 bridgehead atoms. The van der Waals surface area contributed by atoms with Crippen LogP contribution in [0, 0.1) is 6.92 Å². The van der Waals surface area contributed by atoms with Crippen LogP contribution in [0.2, 0.25) is 0 Å². The van der Waals surface area contributed by atoms with Crippen molar-refractivity contribution in [3.05, 3.63) is 66.4 Å². The number of aromatic nitrogens is 1. The lowest BCUT2D eigenvalue weighted by Gasteiger charge is -2.38. The van der Waals surface area contributed by atoms with E-state index in [0.717, 1.165) is 56.0 Å². The zero-order chi connectivity index (χ0) is 23.3. The fourth-order valence-electron chi connectivity index (χ4n) is 4.25. The number of aryl methyl sites for hydroxylation is 1. The van der Waals surface area contributed by atoms with E-state index >= 15 is 0 Å². The Morgan fingerprint density at radius 1 is 1.03 bits per heavy atom. The number of fused-ring (bicyclic) bond motifs is 1. The fourth-order valence-corrected chi connectivity index (χ4v) is 5.68. The summed E-state index contributed by atoms with van der Waals surface area (Å²) >= 11 is 0. The summed E-state index contributed by atoms with van der Waals surface area (Å²) in [6.45, 7) is 8.98. The molecule has 1 saturated heterocycles. The summed E-state index contributed by atoms with van der Waals surface area (Å²) < 4.78 is 35.0. The molecular formula is C25H32N4O3S. The number of hydrogen-bond donors (Lipinski definition) is 1. The van der Waals surface area contributed by atoms with E-state index in [0.29, 0.717) is 12.0 Å². The van der Waals surface area contributed by atoms with E-state index in [1.807, 2.05) is 56.3 Å². The molecule has 176 valence electrons. The molecule has 1 aliphatic heterocycles.